The molecule has 0 saturated heterocycles. The van der Waals surface area contributed by atoms with Gasteiger partial charge < -0.3 is 10.4 Å². The number of hydrogen-bond acceptors (Lipinski definition) is 3. The number of aryl methyl sites for hydroxylation is 1. The average molecular weight is 263 g/mol. The maximum atomic E-state index is 10.2. The van der Waals surface area contributed by atoms with Crippen LogP contribution in [0, 0.1) is 13.8 Å². The van der Waals surface area contributed by atoms with E-state index < -0.39 is 0 Å². The summed E-state index contributed by atoms with van der Waals surface area (Å²) in [6.07, 6.45) is 6.72. The SMILES string of the molecule is Cc1nn(C2CCCCC2O)c(C)c1CNC1CC1. The predicted molar refractivity (Wildman–Crippen MR) is 75.1 cm³/mol. The van der Waals surface area contributed by atoms with Gasteiger partial charge in [-0.1, -0.05) is 12.8 Å². The summed E-state index contributed by atoms with van der Waals surface area (Å²) in [6.45, 7) is 5.15. The highest BCUT2D eigenvalue weighted by Crippen LogP contribution is 2.31. The quantitative estimate of drug-likeness (QED) is 0.876. The van der Waals surface area contributed by atoms with E-state index in [-0.39, 0.29) is 12.1 Å². The van der Waals surface area contributed by atoms with Crippen molar-refractivity contribution < 1.29 is 5.11 Å². The molecule has 1 aromatic rings. The van der Waals surface area contributed by atoms with Crippen molar-refractivity contribution in [3.63, 3.8) is 0 Å². The zero-order chi connectivity index (χ0) is 13.4. The van der Waals surface area contributed by atoms with E-state index in [0.717, 1.165) is 37.5 Å². The Hall–Kier alpha value is -0.870. The van der Waals surface area contributed by atoms with E-state index in [4.69, 9.17) is 5.10 Å². The van der Waals surface area contributed by atoms with Gasteiger partial charge in [0.15, 0.2) is 0 Å². The summed E-state index contributed by atoms with van der Waals surface area (Å²) in [7, 11) is 0. The molecule has 0 spiro atoms. The minimum atomic E-state index is -0.226. The Balaban J connectivity index is 1.78. The fourth-order valence-electron chi connectivity index (χ4n) is 3.19. The second-order valence-corrected chi connectivity index (χ2v) is 6.17. The van der Waals surface area contributed by atoms with Crippen LogP contribution in [0.15, 0.2) is 0 Å². The van der Waals surface area contributed by atoms with Gasteiger partial charge in [-0.3, -0.25) is 4.68 Å². The molecular formula is C15H25N3O. The number of nitrogens with one attached hydrogen (secondary N) is 1. The number of rotatable bonds is 4. The van der Waals surface area contributed by atoms with Gasteiger partial charge in [-0.05, 0) is 39.5 Å². The van der Waals surface area contributed by atoms with Crippen LogP contribution >= 0.6 is 0 Å². The van der Waals surface area contributed by atoms with Crippen LogP contribution in [0.4, 0.5) is 0 Å². The minimum absolute atomic E-state index is 0.183. The third-order valence-electron chi connectivity index (χ3n) is 4.63. The van der Waals surface area contributed by atoms with E-state index in [1.165, 1.54) is 30.5 Å². The summed E-state index contributed by atoms with van der Waals surface area (Å²) in [5, 5.41) is 18.5. The van der Waals surface area contributed by atoms with Crippen LogP contribution in [-0.4, -0.2) is 27.0 Å². The van der Waals surface area contributed by atoms with Crippen LogP contribution in [0.1, 0.15) is 61.5 Å². The van der Waals surface area contributed by atoms with E-state index in [1.807, 2.05) is 0 Å². The fraction of sp³-hybridized carbons (Fsp3) is 0.800. The summed E-state index contributed by atoms with van der Waals surface area (Å²) in [6, 6.07) is 0.907. The molecule has 4 nitrogen and oxygen atoms in total. The van der Waals surface area contributed by atoms with Crippen LogP contribution in [0.5, 0.6) is 0 Å². The first-order chi connectivity index (χ1) is 9.16. The second kappa shape index (κ2) is 5.25. The molecule has 0 aromatic carbocycles. The number of hydrogen-bond donors (Lipinski definition) is 2. The first-order valence-electron chi connectivity index (χ1n) is 7.63. The van der Waals surface area contributed by atoms with Crippen molar-refractivity contribution in [3.05, 3.63) is 17.0 Å². The zero-order valence-corrected chi connectivity index (χ0v) is 12.0. The Morgan fingerprint density at radius 2 is 1.95 bits per heavy atom. The van der Waals surface area contributed by atoms with Gasteiger partial charge in [0.1, 0.15) is 0 Å². The van der Waals surface area contributed by atoms with Crippen molar-refractivity contribution in [2.75, 3.05) is 0 Å². The molecule has 2 fully saturated rings. The van der Waals surface area contributed by atoms with Gasteiger partial charge >= 0.3 is 0 Å². The Kier molecular flexibility index (Phi) is 3.63. The number of aromatic nitrogens is 2. The van der Waals surface area contributed by atoms with Gasteiger partial charge in [0.2, 0.25) is 0 Å². The molecule has 1 heterocycles. The van der Waals surface area contributed by atoms with E-state index in [0.29, 0.717) is 0 Å². The van der Waals surface area contributed by atoms with E-state index >= 15 is 0 Å². The number of aliphatic hydroxyl groups excluding tert-OH is 1. The van der Waals surface area contributed by atoms with Crippen molar-refractivity contribution in [3.8, 4) is 0 Å². The molecule has 2 atom stereocenters. The van der Waals surface area contributed by atoms with Gasteiger partial charge in [-0.2, -0.15) is 5.10 Å². The summed E-state index contributed by atoms with van der Waals surface area (Å²) < 4.78 is 2.09. The summed E-state index contributed by atoms with van der Waals surface area (Å²) in [5.74, 6) is 0. The van der Waals surface area contributed by atoms with Crippen LogP contribution in [0.25, 0.3) is 0 Å². The lowest BCUT2D eigenvalue weighted by Crippen LogP contribution is -2.29. The third-order valence-corrected chi connectivity index (χ3v) is 4.63. The van der Waals surface area contributed by atoms with Gasteiger partial charge in [0.05, 0.1) is 17.8 Å². The van der Waals surface area contributed by atoms with Crippen molar-refractivity contribution in [2.24, 2.45) is 0 Å². The molecule has 19 heavy (non-hydrogen) atoms. The average Bonchev–Trinajstić information content (AvgIpc) is 3.17. The van der Waals surface area contributed by atoms with E-state index in [2.05, 4.69) is 23.8 Å². The Labute approximate surface area is 115 Å². The first kappa shape index (κ1) is 13.1. The summed E-state index contributed by atoms with van der Waals surface area (Å²) in [4.78, 5) is 0. The Morgan fingerprint density at radius 3 is 2.63 bits per heavy atom. The molecular weight excluding hydrogens is 238 g/mol. The lowest BCUT2D eigenvalue weighted by Gasteiger charge is -2.28. The molecule has 1 aromatic heterocycles. The Morgan fingerprint density at radius 1 is 1.21 bits per heavy atom. The maximum Gasteiger partial charge on any atom is 0.0781 e. The van der Waals surface area contributed by atoms with Gasteiger partial charge in [0, 0.05) is 23.8 Å². The van der Waals surface area contributed by atoms with E-state index in [1.54, 1.807) is 0 Å². The topological polar surface area (TPSA) is 50.1 Å². The Bertz CT molecular complexity index is 450. The van der Waals surface area contributed by atoms with Gasteiger partial charge in [-0.25, -0.2) is 0 Å². The van der Waals surface area contributed by atoms with Crippen molar-refractivity contribution in [1.29, 1.82) is 0 Å². The maximum absolute atomic E-state index is 10.2. The standard InChI is InChI=1S/C15H25N3O/c1-10-13(9-16-12-7-8-12)11(2)18(17-10)14-5-3-4-6-15(14)19/h12,14-16,19H,3-9H2,1-2H3. The highest BCUT2D eigenvalue weighted by atomic mass is 16.3. The lowest BCUT2D eigenvalue weighted by atomic mass is 9.92. The van der Waals surface area contributed by atoms with Crippen LogP contribution in [0.2, 0.25) is 0 Å². The molecule has 2 saturated carbocycles. The van der Waals surface area contributed by atoms with Crippen LogP contribution < -0.4 is 5.32 Å². The molecule has 2 aliphatic carbocycles. The normalized spacial score (nSPS) is 27.7. The summed E-state index contributed by atoms with van der Waals surface area (Å²) in [5.41, 5.74) is 3.67. The molecule has 2 N–H and O–H groups in total. The molecule has 0 amide bonds. The predicted octanol–water partition coefficient (Wildman–Crippen LogP) is 2.23. The molecule has 106 valence electrons. The molecule has 2 unspecified atom stereocenters. The molecule has 2 aliphatic rings. The fourth-order valence-corrected chi connectivity index (χ4v) is 3.19. The van der Waals surface area contributed by atoms with Crippen molar-refractivity contribution >= 4 is 0 Å². The minimum Gasteiger partial charge on any atom is -0.391 e. The van der Waals surface area contributed by atoms with Gasteiger partial charge in [0.25, 0.3) is 0 Å². The molecule has 0 bridgehead atoms. The van der Waals surface area contributed by atoms with Gasteiger partial charge in [-0.15, -0.1) is 0 Å². The smallest absolute Gasteiger partial charge is 0.0781 e. The number of nitrogens with zero attached hydrogens (tertiary/aromatic N) is 2. The highest BCUT2D eigenvalue weighted by molar-refractivity contribution is 5.25. The monoisotopic (exact) mass is 263 g/mol. The van der Waals surface area contributed by atoms with Crippen LogP contribution in [-0.2, 0) is 6.54 Å². The zero-order valence-electron chi connectivity index (χ0n) is 12.0. The summed E-state index contributed by atoms with van der Waals surface area (Å²) >= 11 is 0. The highest BCUT2D eigenvalue weighted by Gasteiger charge is 2.28. The molecule has 4 heteroatoms. The first-order valence-corrected chi connectivity index (χ1v) is 7.63. The molecule has 0 radical (unpaired) electrons. The van der Waals surface area contributed by atoms with E-state index in [9.17, 15) is 5.11 Å². The molecule has 3 rings (SSSR count). The van der Waals surface area contributed by atoms with Crippen molar-refractivity contribution in [2.45, 2.75) is 77.1 Å². The van der Waals surface area contributed by atoms with Crippen molar-refractivity contribution in [1.82, 2.24) is 15.1 Å². The van der Waals surface area contributed by atoms with Crippen LogP contribution in [0.3, 0.4) is 0 Å². The largest absolute Gasteiger partial charge is 0.391 e. The second-order valence-electron chi connectivity index (χ2n) is 6.17. The number of aliphatic hydroxyl groups is 1. The molecule has 0 aliphatic heterocycles. The third kappa shape index (κ3) is 2.70. The lowest BCUT2D eigenvalue weighted by molar-refractivity contribution is 0.0682.